The molecule has 2 rings (SSSR count). The fourth-order valence-electron chi connectivity index (χ4n) is 3.43. The van der Waals surface area contributed by atoms with Crippen LogP contribution in [0.4, 0.5) is 4.79 Å². The lowest BCUT2D eigenvalue weighted by Crippen LogP contribution is -2.47. The molecule has 21 heavy (non-hydrogen) atoms. The summed E-state index contributed by atoms with van der Waals surface area (Å²) >= 11 is 0. The molecule has 122 valence electrons. The molecule has 5 nitrogen and oxygen atoms in total. The van der Waals surface area contributed by atoms with Gasteiger partial charge in [0.25, 0.3) is 0 Å². The number of ether oxygens (including phenoxy) is 2. The second kappa shape index (κ2) is 7.99. The Morgan fingerprint density at radius 2 is 1.52 bits per heavy atom. The molecule has 0 spiro atoms. The van der Waals surface area contributed by atoms with Crippen molar-refractivity contribution in [1.29, 1.82) is 0 Å². The van der Waals surface area contributed by atoms with Crippen LogP contribution in [0.3, 0.4) is 0 Å². The van der Waals surface area contributed by atoms with Crippen LogP contribution in [0.1, 0.15) is 58.8 Å². The van der Waals surface area contributed by atoms with Gasteiger partial charge in [-0.1, -0.05) is 0 Å². The van der Waals surface area contributed by atoms with Crippen molar-refractivity contribution in [2.75, 3.05) is 7.11 Å². The summed E-state index contributed by atoms with van der Waals surface area (Å²) in [4.78, 5) is 12.0. The first-order valence-electron chi connectivity index (χ1n) is 8.32. The number of carbonyl (C=O) groups is 1. The fraction of sp³-hybridized carbons (Fsp3) is 0.938. The topological polar surface area (TPSA) is 59.6 Å². The van der Waals surface area contributed by atoms with Crippen molar-refractivity contribution in [2.45, 2.75) is 89.2 Å². The van der Waals surface area contributed by atoms with Gasteiger partial charge in [0.15, 0.2) is 0 Å². The lowest BCUT2D eigenvalue weighted by Gasteiger charge is -2.30. The maximum Gasteiger partial charge on any atom is 0.315 e. The van der Waals surface area contributed by atoms with Crippen LogP contribution in [0.2, 0.25) is 0 Å². The summed E-state index contributed by atoms with van der Waals surface area (Å²) in [6, 6.07) is 0.525. The predicted octanol–water partition coefficient (Wildman–Crippen LogP) is 2.59. The van der Waals surface area contributed by atoms with Gasteiger partial charge in [-0.3, -0.25) is 0 Å². The number of methoxy groups -OCH3 is 1. The van der Waals surface area contributed by atoms with Crippen LogP contribution < -0.4 is 10.6 Å². The molecule has 0 bridgehead atoms. The molecule has 2 N–H and O–H groups in total. The van der Waals surface area contributed by atoms with E-state index in [1.54, 1.807) is 7.11 Å². The number of amides is 2. The van der Waals surface area contributed by atoms with Crippen LogP contribution in [-0.4, -0.2) is 43.5 Å². The Labute approximate surface area is 128 Å². The summed E-state index contributed by atoms with van der Waals surface area (Å²) in [5.41, 5.74) is 0. The third-order valence-electron chi connectivity index (χ3n) is 4.53. The van der Waals surface area contributed by atoms with Gasteiger partial charge in [0.2, 0.25) is 0 Å². The molecule has 0 heterocycles. The van der Waals surface area contributed by atoms with E-state index in [1.165, 1.54) is 0 Å². The van der Waals surface area contributed by atoms with E-state index in [-0.39, 0.29) is 18.1 Å². The second-order valence-electron chi connectivity index (χ2n) is 6.64. The minimum atomic E-state index is -0.0232. The van der Waals surface area contributed by atoms with Crippen molar-refractivity contribution in [3.63, 3.8) is 0 Å². The predicted molar refractivity (Wildman–Crippen MR) is 82.4 cm³/mol. The van der Waals surface area contributed by atoms with Crippen LogP contribution in [0.25, 0.3) is 0 Å². The largest absolute Gasteiger partial charge is 0.381 e. The van der Waals surface area contributed by atoms with E-state index in [4.69, 9.17) is 9.47 Å². The average Bonchev–Trinajstić information content (AvgIpc) is 2.88. The highest BCUT2D eigenvalue weighted by Crippen LogP contribution is 2.23. The summed E-state index contributed by atoms with van der Waals surface area (Å²) in [5.74, 6) is 0. The van der Waals surface area contributed by atoms with Gasteiger partial charge < -0.3 is 20.1 Å². The van der Waals surface area contributed by atoms with E-state index < -0.39 is 0 Å². The zero-order valence-electron chi connectivity index (χ0n) is 13.6. The zero-order chi connectivity index (χ0) is 15.2. The van der Waals surface area contributed by atoms with Crippen molar-refractivity contribution < 1.29 is 14.3 Å². The third kappa shape index (κ3) is 5.47. The van der Waals surface area contributed by atoms with Gasteiger partial charge in [-0.2, -0.15) is 0 Å². The van der Waals surface area contributed by atoms with E-state index in [2.05, 4.69) is 24.5 Å². The van der Waals surface area contributed by atoms with Crippen LogP contribution in [0, 0.1) is 0 Å². The third-order valence-corrected chi connectivity index (χ3v) is 4.53. The Balaban J connectivity index is 1.63. The molecule has 0 saturated heterocycles. The number of rotatable bonds is 5. The van der Waals surface area contributed by atoms with Crippen LogP contribution in [0.5, 0.6) is 0 Å². The quantitative estimate of drug-likeness (QED) is 0.820. The van der Waals surface area contributed by atoms with Gasteiger partial charge in [-0.15, -0.1) is 0 Å². The molecule has 2 aliphatic rings. The first-order valence-corrected chi connectivity index (χ1v) is 8.32. The Bertz CT molecular complexity index is 327. The molecular formula is C16H30N2O3. The van der Waals surface area contributed by atoms with Crippen molar-refractivity contribution >= 4 is 6.03 Å². The first kappa shape index (κ1) is 16.6. The summed E-state index contributed by atoms with van der Waals surface area (Å²) in [5, 5.41) is 6.18. The maximum absolute atomic E-state index is 12.0. The molecule has 0 radical (unpaired) electrons. The van der Waals surface area contributed by atoms with E-state index in [0.29, 0.717) is 18.3 Å². The van der Waals surface area contributed by atoms with Gasteiger partial charge in [-0.25, -0.2) is 4.79 Å². The standard InChI is InChI=1S/C16H30N2O3/c1-11(2)21-14-7-4-12(5-8-14)17-16(19)18-13-6-9-15(10-13)20-3/h11-15H,4-10H2,1-3H3,(H2,17,18,19)/t12?,13-,14?,15+/m1/s1. The second-order valence-corrected chi connectivity index (χ2v) is 6.64. The van der Waals surface area contributed by atoms with Crippen LogP contribution >= 0.6 is 0 Å². The van der Waals surface area contributed by atoms with Crippen molar-refractivity contribution in [3.05, 3.63) is 0 Å². The number of carbonyl (C=O) groups excluding carboxylic acids is 1. The normalized spacial score (nSPS) is 33.1. The minimum Gasteiger partial charge on any atom is -0.381 e. The Morgan fingerprint density at radius 1 is 0.952 bits per heavy atom. The molecule has 5 heteroatoms. The van der Waals surface area contributed by atoms with Gasteiger partial charge in [-0.05, 0) is 58.8 Å². The molecule has 2 atom stereocenters. The molecule has 2 aliphatic carbocycles. The lowest BCUT2D eigenvalue weighted by atomic mass is 9.93. The van der Waals surface area contributed by atoms with E-state index >= 15 is 0 Å². The number of nitrogens with one attached hydrogen (secondary N) is 2. The Morgan fingerprint density at radius 3 is 2.10 bits per heavy atom. The summed E-state index contributed by atoms with van der Waals surface area (Å²) in [7, 11) is 1.74. The molecule has 2 amide bonds. The van der Waals surface area contributed by atoms with Gasteiger partial charge in [0, 0.05) is 19.2 Å². The molecule has 0 aromatic carbocycles. The average molecular weight is 298 g/mol. The molecule has 2 saturated carbocycles. The summed E-state index contributed by atoms with van der Waals surface area (Å²) in [6.45, 7) is 4.15. The molecule has 2 fully saturated rings. The SMILES string of the molecule is CO[C@H]1CC[C@@H](NC(=O)NC2CCC(OC(C)C)CC2)C1. The number of hydrogen-bond acceptors (Lipinski definition) is 3. The van der Waals surface area contributed by atoms with Gasteiger partial charge in [0.1, 0.15) is 0 Å². The molecule has 0 aliphatic heterocycles. The van der Waals surface area contributed by atoms with E-state index in [9.17, 15) is 4.79 Å². The lowest BCUT2D eigenvalue weighted by molar-refractivity contribution is -0.0156. The molecule has 0 aromatic rings. The number of urea groups is 1. The number of hydrogen-bond donors (Lipinski definition) is 2. The minimum absolute atomic E-state index is 0.0232. The summed E-state index contributed by atoms with van der Waals surface area (Å²) < 4.78 is 11.2. The monoisotopic (exact) mass is 298 g/mol. The van der Waals surface area contributed by atoms with Crippen molar-refractivity contribution in [3.8, 4) is 0 Å². The van der Waals surface area contributed by atoms with E-state index in [0.717, 1.165) is 44.9 Å². The van der Waals surface area contributed by atoms with Crippen LogP contribution in [-0.2, 0) is 9.47 Å². The molecular weight excluding hydrogens is 268 g/mol. The Hall–Kier alpha value is -0.810. The Kier molecular flexibility index (Phi) is 6.30. The summed E-state index contributed by atoms with van der Waals surface area (Å²) in [6.07, 6.45) is 8.04. The van der Waals surface area contributed by atoms with Gasteiger partial charge in [0.05, 0.1) is 18.3 Å². The van der Waals surface area contributed by atoms with Crippen molar-refractivity contribution in [1.82, 2.24) is 10.6 Å². The highest BCUT2D eigenvalue weighted by Gasteiger charge is 2.27. The zero-order valence-corrected chi connectivity index (χ0v) is 13.6. The molecule has 0 unspecified atom stereocenters. The van der Waals surface area contributed by atoms with Crippen molar-refractivity contribution in [2.24, 2.45) is 0 Å². The fourth-order valence-corrected chi connectivity index (χ4v) is 3.43. The first-order chi connectivity index (χ1) is 10.1. The van der Waals surface area contributed by atoms with Crippen LogP contribution in [0.15, 0.2) is 0 Å². The maximum atomic E-state index is 12.0. The highest BCUT2D eigenvalue weighted by molar-refractivity contribution is 5.74. The smallest absolute Gasteiger partial charge is 0.315 e. The van der Waals surface area contributed by atoms with Gasteiger partial charge >= 0.3 is 6.03 Å². The molecule has 0 aromatic heterocycles. The highest BCUT2D eigenvalue weighted by atomic mass is 16.5. The van der Waals surface area contributed by atoms with E-state index in [1.807, 2.05) is 0 Å².